The lowest BCUT2D eigenvalue weighted by molar-refractivity contribution is 0.826. The zero-order valence-electron chi connectivity index (χ0n) is 11.2. The van der Waals surface area contributed by atoms with E-state index < -0.39 is 0 Å². The molecule has 0 amide bonds. The highest BCUT2D eigenvalue weighted by Crippen LogP contribution is 2.31. The van der Waals surface area contributed by atoms with E-state index in [9.17, 15) is 0 Å². The SMILES string of the molecule is CCCCNc1nccc(Nc2c(Cl)cccc2Cl)n1. The molecule has 0 aliphatic rings. The maximum Gasteiger partial charge on any atom is 0.224 e. The van der Waals surface area contributed by atoms with E-state index in [4.69, 9.17) is 23.2 Å². The first kappa shape index (κ1) is 14.9. The highest BCUT2D eigenvalue weighted by molar-refractivity contribution is 6.39. The van der Waals surface area contributed by atoms with Crippen molar-refractivity contribution in [3.63, 3.8) is 0 Å². The van der Waals surface area contributed by atoms with Crippen LogP contribution in [0.1, 0.15) is 19.8 Å². The number of anilines is 3. The lowest BCUT2D eigenvalue weighted by atomic mass is 10.3. The standard InChI is InChI=1S/C14H16Cl2N4/c1-2-3-8-17-14-18-9-7-12(20-14)19-13-10(15)5-4-6-11(13)16/h4-7,9H,2-3,8H2,1H3,(H2,17,18,19,20). The van der Waals surface area contributed by atoms with Crippen molar-refractivity contribution in [2.45, 2.75) is 19.8 Å². The summed E-state index contributed by atoms with van der Waals surface area (Å²) in [6.45, 7) is 2.99. The van der Waals surface area contributed by atoms with Crippen molar-refractivity contribution in [3.8, 4) is 0 Å². The molecular weight excluding hydrogens is 295 g/mol. The van der Waals surface area contributed by atoms with Crippen LogP contribution in [0.15, 0.2) is 30.5 Å². The summed E-state index contributed by atoms with van der Waals surface area (Å²) in [5, 5.41) is 7.39. The van der Waals surface area contributed by atoms with Crippen molar-refractivity contribution in [2.24, 2.45) is 0 Å². The first-order chi connectivity index (χ1) is 9.70. The Morgan fingerprint density at radius 3 is 2.60 bits per heavy atom. The molecule has 1 aromatic heterocycles. The Kier molecular flexibility index (Phi) is 5.44. The number of benzene rings is 1. The summed E-state index contributed by atoms with van der Waals surface area (Å²) >= 11 is 12.2. The van der Waals surface area contributed by atoms with Crippen LogP contribution in [-0.4, -0.2) is 16.5 Å². The third-order valence-corrected chi connectivity index (χ3v) is 3.31. The molecule has 2 aromatic rings. The highest BCUT2D eigenvalue weighted by Gasteiger charge is 2.07. The Morgan fingerprint density at radius 2 is 1.90 bits per heavy atom. The fraction of sp³-hybridized carbons (Fsp3) is 0.286. The van der Waals surface area contributed by atoms with Crippen LogP contribution in [-0.2, 0) is 0 Å². The van der Waals surface area contributed by atoms with Crippen LogP contribution in [0.25, 0.3) is 0 Å². The Labute approximate surface area is 128 Å². The molecule has 0 aliphatic heterocycles. The van der Waals surface area contributed by atoms with E-state index in [1.165, 1.54) is 0 Å². The van der Waals surface area contributed by atoms with Crippen molar-refractivity contribution in [1.29, 1.82) is 0 Å². The van der Waals surface area contributed by atoms with Gasteiger partial charge < -0.3 is 10.6 Å². The first-order valence-electron chi connectivity index (χ1n) is 6.48. The zero-order valence-corrected chi connectivity index (χ0v) is 12.7. The largest absolute Gasteiger partial charge is 0.354 e. The number of nitrogens with one attached hydrogen (secondary N) is 2. The van der Waals surface area contributed by atoms with Crippen LogP contribution in [0, 0.1) is 0 Å². The Morgan fingerprint density at radius 1 is 1.15 bits per heavy atom. The summed E-state index contributed by atoms with van der Waals surface area (Å²) in [6, 6.07) is 7.12. The van der Waals surface area contributed by atoms with Gasteiger partial charge in [0, 0.05) is 12.7 Å². The van der Waals surface area contributed by atoms with E-state index in [-0.39, 0.29) is 0 Å². The summed E-state index contributed by atoms with van der Waals surface area (Å²) in [4.78, 5) is 8.54. The van der Waals surface area contributed by atoms with E-state index >= 15 is 0 Å². The van der Waals surface area contributed by atoms with Crippen LogP contribution in [0.4, 0.5) is 17.5 Å². The zero-order chi connectivity index (χ0) is 14.4. The molecule has 0 saturated heterocycles. The molecule has 0 atom stereocenters. The summed E-state index contributed by atoms with van der Waals surface area (Å²) in [5.41, 5.74) is 0.647. The predicted octanol–water partition coefficient (Wildman–Crippen LogP) is 4.74. The van der Waals surface area contributed by atoms with Gasteiger partial charge in [-0.1, -0.05) is 42.6 Å². The minimum atomic E-state index is 0.552. The fourth-order valence-electron chi connectivity index (χ4n) is 1.64. The summed E-state index contributed by atoms with van der Waals surface area (Å²) < 4.78 is 0. The molecule has 0 fully saturated rings. The number of hydrogen-bond donors (Lipinski definition) is 2. The second-order valence-electron chi connectivity index (χ2n) is 4.27. The normalized spacial score (nSPS) is 10.3. The van der Waals surface area contributed by atoms with Gasteiger partial charge in [-0.05, 0) is 24.6 Å². The van der Waals surface area contributed by atoms with Crippen LogP contribution in [0.2, 0.25) is 10.0 Å². The molecule has 0 bridgehead atoms. The van der Waals surface area contributed by atoms with Gasteiger partial charge in [-0.3, -0.25) is 0 Å². The number of aromatic nitrogens is 2. The van der Waals surface area contributed by atoms with Crippen LogP contribution < -0.4 is 10.6 Å². The molecule has 4 nitrogen and oxygen atoms in total. The van der Waals surface area contributed by atoms with Gasteiger partial charge in [0.1, 0.15) is 5.82 Å². The molecule has 20 heavy (non-hydrogen) atoms. The molecule has 1 aromatic carbocycles. The van der Waals surface area contributed by atoms with Crippen LogP contribution >= 0.6 is 23.2 Å². The molecule has 2 rings (SSSR count). The number of unbranched alkanes of at least 4 members (excludes halogenated alkanes) is 1. The average Bonchev–Trinajstić information content (AvgIpc) is 2.44. The fourth-order valence-corrected chi connectivity index (χ4v) is 2.13. The molecule has 6 heteroatoms. The number of rotatable bonds is 6. The van der Waals surface area contributed by atoms with E-state index in [1.54, 1.807) is 30.5 Å². The van der Waals surface area contributed by atoms with Gasteiger partial charge in [0.25, 0.3) is 0 Å². The Hall–Kier alpha value is -1.52. The second-order valence-corrected chi connectivity index (χ2v) is 5.08. The van der Waals surface area contributed by atoms with Crippen LogP contribution in [0.5, 0.6) is 0 Å². The van der Waals surface area contributed by atoms with Crippen LogP contribution in [0.3, 0.4) is 0 Å². The second kappa shape index (κ2) is 7.31. The van der Waals surface area contributed by atoms with Gasteiger partial charge in [0.15, 0.2) is 0 Å². The molecule has 106 valence electrons. The van der Waals surface area contributed by atoms with Crippen molar-refractivity contribution in [1.82, 2.24) is 9.97 Å². The van der Waals surface area contributed by atoms with Gasteiger partial charge in [0.2, 0.25) is 5.95 Å². The van der Waals surface area contributed by atoms with Crippen molar-refractivity contribution < 1.29 is 0 Å². The average molecular weight is 311 g/mol. The van der Waals surface area contributed by atoms with Crippen molar-refractivity contribution in [2.75, 3.05) is 17.2 Å². The lowest BCUT2D eigenvalue weighted by Crippen LogP contribution is -2.06. The highest BCUT2D eigenvalue weighted by atomic mass is 35.5. The molecule has 0 radical (unpaired) electrons. The molecule has 0 aliphatic carbocycles. The van der Waals surface area contributed by atoms with Crippen molar-refractivity contribution in [3.05, 3.63) is 40.5 Å². The quantitative estimate of drug-likeness (QED) is 0.757. The monoisotopic (exact) mass is 310 g/mol. The lowest BCUT2D eigenvalue weighted by Gasteiger charge is -2.10. The smallest absolute Gasteiger partial charge is 0.224 e. The Balaban J connectivity index is 2.11. The number of nitrogens with zero attached hydrogens (tertiary/aromatic N) is 2. The van der Waals surface area contributed by atoms with Crippen molar-refractivity contribution >= 4 is 40.7 Å². The van der Waals surface area contributed by atoms with Gasteiger partial charge in [-0.25, -0.2) is 4.98 Å². The molecule has 0 spiro atoms. The molecule has 1 heterocycles. The molecule has 0 unspecified atom stereocenters. The number of halogens is 2. The topological polar surface area (TPSA) is 49.8 Å². The Bertz CT molecular complexity index is 555. The minimum absolute atomic E-state index is 0.552. The van der Waals surface area contributed by atoms with Gasteiger partial charge in [-0.2, -0.15) is 4.98 Å². The number of hydrogen-bond acceptors (Lipinski definition) is 4. The predicted molar refractivity (Wildman–Crippen MR) is 85.2 cm³/mol. The third-order valence-electron chi connectivity index (χ3n) is 2.68. The maximum absolute atomic E-state index is 6.12. The van der Waals surface area contributed by atoms with E-state index in [2.05, 4.69) is 27.5 Å². The summed E-state index contributed by atoms with van der Waals surface area (Å²) in [6.07, 6.45) is 3.89. The summed E-state index contributed by atoms with van der Waals surface area (Å²) in [7, 11) is 0. The molecule has 2 N–H and O–H groups in total. The van der Waals surface area contributed by atoms with E-state index in [0.29, 0.717) is 27.5 Å². The van der Waals surface area contributed by atoms with E-state index in [1.807, 2.05) is 0 Å². The third kappa shape index (κ3) is 3.99. The number of para-hydroxylation sites is 1. The summed E-state index contributed by atoms with van der Waals surface area (Å²) in [5.74, 6) is 1.24. The molecular formula is C14H16Cl2N4. The van der Waals surface area contributed by atoms with Gasteiger partial charge in [-0.15, -0.1) is 0 Å². The van der Waals surface area contributed by atoms with Gasteiger partial charge >= 0.3 is 0 Å². The maximum atomic E-state index is 6.12. The van der Waals surface area contributed by atoms with E-state index in [0.717, 1.165) is 19.4 Å². The minimum Gasteiger partial charge on any atom is -0.354 e. The first-order valence-corrected chi connectivity index (χ1v) is 7.24. The molecule has 0 saturated carbocycles. The van der Waals surface area contributed by atoms with Gasteiger partial charge in [0.05, 0.1) is 15.7 Å².